The summed E-state index contributed by atoms with van der Waals surface area (Å²) < 4.78 is 32.1. The van der Waals surface area contributed by atoms with Crippen LogP contribution in [-0.2, 0) is 20.5 Å². The SMILES string of the molecule is CC1(C)CN(S(=O)(=O)Cc2ccc(N)cc2)CC(CO)O1. The fraction of sp³-hybridized carbons (Fsp3) is 0.571. The van der Waals surface area contributed by atoms with E-state index in [-0.39, 0.29) is 25.4 Å². The second-order valence-electron chi connectivity index (χ2n) is 5.97. The maximum absolute atomic E-state index is 12.5. The van der Waals surface area contributed by atoms with Gasteiger partial charge in [0.05, 0.1) is 24.1 Å². The first kappa shape index (κ1) is 16.2. The third-order valence-electron chi connectivity index (χ3n) is 3.38. The lowest BCUT2D eigenvalue weighted by molar-refractivity contribution is -0.131. The number of anilines is 1. The zero-order valence-electron chi connectivity index (χ0n) is 12.3. The van der Waals surface area contributed by atoms with Crippen molar-refractivity contribution < 1.29 is 18.3 Å². The van der Waals surface area contributed by atoms with Crippen LogP contribution in [0.25, 0.3) is 0 Å². The van der Waals surface area contributed by atoms with Gasteiger partial charge >= 0.3 is 0 Å². The average molecular weight is 314 g/mol. The molecule has 0 bridgehead atoms. The molecule has 7 heteroatoms. The zero-order valence-corrected chi connectivity index (χ0v) is 13.1. The molecule has 1 aromatic rings. The minimum absolute atomic E-state index is 0.0818. The van der Waals surface area contributed by atoms with Crippen LogP contribution < -0.4 is 5.73 Å². The normalized spacial score (nSPS) is 23.1. The van der Waals surface area contributed by atoms with Crippen LogP contribution in [0.5, 0.6) is 0 Å². The fourth-order valence-corrected chi connectivity index (χ4v) is 4.16. The molecule has 0 aliphatic carbocycles. The summed E-state index contributed by atoms with van der Waals surface area (Å²) in [4.78, 5) is 0. The van der Waals surface area contributed by atoms with E-state index in [4.69, 9.17) is 10.5 Å². The van der Waals surface area contributed by atoms with E-state index >= 15 is 0 Å². The Morgan fingerprint density at radius 1 is 1.38 bits per heavy atom. The van der Waals surface area contributed by atoms with Crippen molar-refractivity contribution in [2.24, 2.45) is 0 Å². The number of aliphatic hydroxyl groups excluding tert-OH is 1. The van der Waals surface area contributed by atoms with Gasteiger partial charge < -0.3 is 15.6 Å². The van der Waals surface area contributed by atoms with Gasteiger partial charge in [-0.3, -0.25) is 0 Å². The van der Waals surface area contributed by atoms with Crippen molar-refractivity contribution in [3.05, 3.63) is 29.8 Å². The molecule has 1 aliphatic rings. The molecular weight excluding hydrogens is 292 g/mol. The summed E-state index contributed by atoms with van der Waals surface area (Å²) in [6, 6.07) is 6.79. The molecule has 1 saturated heterocycles. The van der Waals surface area contributed by atoms with Crippen molar-refractivity contribution in [2.45, 2.75) is 31.3 Å². The van der Waals surface area contributed by atoms with Gasteiger partial charge in [-0.05, 0) is 31.5 Å². The predicted molar refractivity (Wildman–Crippen MR) is 81.1 cm³/mol. The number of hydrogen-bond donors (Lipinski definition) is 2. The van der Waals surface area contributed by atoms with E-state index in [0.29, 0.717) is 11.3 Å². The molecule has 1 unspecified atom stereocenters. The number of nitrogens with zero attached hydrogens (tertiary/aromatic N) is 1. The molecule has 1 atom stereocenters. The highest BCUT2D eigenvalue weighted by Gasteiger charge is 2.38. The summed E-state index contributed by atoms with van der Waals surface area (Å²) in [6.07, 6.45) is -0.491. The van der Waals surface area contributed by atoms with E-state index < -0.39 is 21.7 Å². The Balaban J connectivity index is 2.16. The molecule has 1 heterocycles. The molecule has 3 N–H and O–H groups in total. The lowest BCUT2D eigenvalue weighted by Crippen LogP contribution is -2.55. The molecule has 21 heavy (non-hydrogen) atoms. The number of ether oxygens (including phenoxy) is 1. The van der Waals surface area contributed by atoms with Crippen molar-refractivity contribution in [1.82, 2.24) is 4.31 Å². The van der Waals surface area contributed by atoms with Crippen LogP contribution in [0.3, 0.4) is 0 Å². The highest BCUT2D eigenvalue weighted by molar-refractivity contribution is 7.88. The molecule has 6 nitrogen and oxygen atoms in total. The van der Waals surface area contributed by atoms with Crippen molar-refractivity contribution in [3.63, 3.8) is 0 Å². The molecule has 0 saturated carbocycles. The average Bonchev–Trinajstić information content (AvgIpc) is 2.39. The Morgan fingerprint density at radius 3 is 2.57 bits per heavy atom. The molecule has 1 aromatic carbocycles. The summed E-state index contributed by atoms with van der Waals surface area (Å²) in [5.74, 6) is -0.0818. The standard InChI is InChI=1S/C14H22N2O4S/c1-14(2)10-16(7-13(8-17)20-14)21(18,19)9-11-3-5-12(15)6-4-11/h3-6,13,17H,7-10,15H2,1-2H3. The third-order valence-corrected chi connectivity index (χ3v) is 5.14. The second kappa shape index (κ2) is 5.92. The van der Waals surface area contributed by atoms with E-state index in [2.05, 4.69) is 0 Å². The summed E-state index contributed by atoms with van der Waals surface area (Å²) in [6.45, 7) is 3.90. The van der Waals surface area contributed by atoms with Crippen LogP contribution in [0.15, 0.2) is 24.3 Å². The predicted octanol–water partition coefficient (Wildman–Crippen LogP) is 0.570. The molecule has 1 aliphatic heterocycles. The number of morpholine rings is 1. The zero-order chi connectivity index (χ0) is 15.7. The van der Waals surface area contributed by atoms with Gasteiger partial charge in [0.15, 0.2) is 0 Å². The van der Waals surface area contributed by atoms with E-state index in [0.717, 1.165) is 0 Å². The molecule has 0 amide bonds. The number of nitrogens with two attached hydrogens (primary N) is 1. The van der Waals surface area contributed by atoms with Crippen LogP contribution in [-0.4, -0.2) is 49.2 Å². The number of rotatable bonds is 4. The van der Waals surface area contributed by atoms with Gasteiger partial charge in [0.2, 0.25) is 10.0 Å². The number of sulfonamides is 1. The lowest BCUT2D eigenvalue weighted by atomic mass is 10.1. The Hall–Kier alpha value is -1.15. The van der Waals surface area contributed by atoms with E-state index in [1.54, 1.807) is 24.3 Å². The largest absolute Gasteiger partial charge is 0.399 e. The fourth-order valence-electron chi connectivity index (χ4n) is 2.46. The minimum atomic E-state index is -3.46. The maximum Gasteiger partial charge on any atom is 0.218 e. The van der Waals surface area contributed by atoms with Crippen LogP contribution in [0, 0.1) is 0 Å². The Labute approximate surface area is 125 Å². The number of benzene rings is 1. The Morgan fingerprint density at radius 2 is 2.00 bits per heavy atom. The van der Waals surface area contributed by atoms with Crippen LogP contribution in [0.4, 0.5) is 5.69 Å². The van der Waals surface area contributed by atoms with Crippen LogP contribution in [0.2, 0.25) is 0 Å². The van der Waals surface area contributed by atoms with Crippen LogP contribution >= 0.6 is 0 Å². The van der Waals surface area contributed by atoms with Crippen molar-refractivity contribution in [2.75, 3.05) is 25.4 Å². The van der Waals surface area contributed by atoms with Crippen molar-refractivity contribution in [1.29, 1.82) is 0 Å². The molecule has 0 aromatic heterocycles. The first-order chi connectivity index (χ1) is 9.72. The Kier molecular flexibility index (Phi) is 4.57. The first-order valence-corrected chi connectivity index (χ1v) is 8.44. The summed E-state index contributed by atoms with van der Waals surface area (Å²) in [5, 5.41) is 9.27. The highest BCUT2D eigenvalue weighted by atomic mass is 32.2. The number of nitrogen functional groups attached to an aromatic ring is 1. The van der Waals surface area contributed by atoms with Gasteiger partial charge in [0.25, 0.3) is 0 Å². The van der Waals surface area contributed by atoms with Gasteiger partial charge in [0, 0.05) is 18.8 Å². The summed E-state index contributed by atoms with van der Waals surface area (Å²) >= 11 is 0. The monoisotopic (exact) mass is 314 g/mol. The van der Waals surface area contributed by atoms with Crippen molar-refractivity contribution in [3.8, 4) is 0 Å². The van der Waals surface area contributed by atoms with E-state index in [9.17, 15) is 13.5 Å². The maximum atomic E-state index is 12.5. The number of hydrogen-bond acceptors (Lipinski definition) is 5. The molecule has 0 spiro atoms. The number of aliphatic hydroxyl groups is 1. The second-order valence-corrected chi connectivity index (χ2v) is 7.94. The van der Waals surface area contributed by atoms with Gasteiger partial charge in [-0.2, -0.15) is 4.31 Å². The molecule has 0 radical (unpaired) electrons. The summed E-state index contributed by atoms with van der Waals surface area (Å²) in [7, 11) is -3.46. The quantitative estimate of drug-likeness (QED) is 0.793. The van der Waals surface area contributed by atoms with Gasteiger partial charge in [-0.1, -0.05) is 12.1 Å². The minimum Gasteiger partial charge on any atom is -0.399 e. The molecular formula is C14H22N2O4S. The van der Waals surface area contributed by atoms with Crippen molar-refractivity contribution >= 4 is 15.7 Å². The smallest absolute Gasteiger partial charge is 0.218 e. The van der Waals surface area contributed by atoms with Gasteiger partial charge in [-0.25, -0.2) is 8.42 Å². The third kappa shape index (κ3) is 4.16. The topological polar surface area (TPSA) is 92.9 Å². The van der Waals surface area contributed by atoms with E-state index in [1.165, 1.54) is 4.31 Å². The molecule has 118 valence electrons. The lowest BCUT2D eigenvalue weighted by Gasteiger charge is -2.41. The summed E-state index contributed by atoms with van der Waals surface area (Å²) in [5.41, 5.74) is 6.28. The molecule has 1 fully saturated rings. The highest BCUT2D eigenvalue weighted by Crippen LogP contribution is 2.24. The van der Waals surface area contributed by atoms with E-state index in [1.807, 2.05) is 13.8 Å². The van der Waals surface area contributed by atoms with Crippen LogP contribution in [0.1, 0.15) is 19.4 Å². The van der Waals surface area contributed by atoms with Gasteiger partial charge in [0.1, 0.15) is 0 Å². The molecule has 2 rings (SSSR count). The van der Waals surface area contributed by atoms with Gasteiger partial charge in [-0.15, -0.1) is 0 Å². The Bertz CT molecular complexity index is 583. The first-order valence-electron chi connectivity index (χ1n) is 6.83.